The standard InChI is InChI=1S/C17H17NO2S/c1-10-6-7-14-13(9-10)11(2)16(20-14)17(19)18-12(3)15-5-4-8-21-15/h4-9,12H,1-3H3,(H,18,19). The van der Waals surface area contributed by atoms with Gasteiger partial charge in [-0.05, 0) is 44.4 Å². The van der Waals surface area contributed by atoms with Gasteiger partial charge in [-0.25, -0.2) is 0 Å². The summed E-state index contributed by atoms with van der Waals surface area (Å²) in [5.74, 6) is 0.237. The molecule has 0 fully saturated rings. The monoisotopic (exact) mass is 299 g/mol. The fourth-order valence-corrected chi connectivity index (χ4v) is 3.16. The van der Waals surface area contributed by atoms with Crippen LogP contribution in [0.15, 0.2) is 40.1 Å². The van der Waals surface area contributed by atoms with Gasteiger partial charge in [-0.3, -0.25) is 4.79 Å². The molecule has 0 saturated carbocycles. The first kappa shape index (κ1) is 13.9. The van der Waals surface area contributed by atoms with Crippen molar-refractivity contribution in [1.29, 1.82) is 0 Å². The maximum atomic E-state index is 12.4. The molecule has 0 saturated heterocycles. The van der Waals surface area contributed by atoms with Crippen LogP contribution in [-0.4, -0.2) is 5.91 Å². The van der Waals surface area contributed by atoms with Gasteiger partial charge in [0.15, 0.2) is 5.76 Å². The first-order valence-corrected chi connectivity index (χ1v) is 7.78. The lowest BCUT2D eigenvalue weighted by Gasteiger charge is -2.11. The molecular formula is C17H17NO2S. The molecule has 3 nitrogen and oxygen atoms in total. The van der Waals surface area contributed by atoms with E-state index >= 15 is 0 Å². The van der Waals surface area contributed by atoms with E-state index in [4.69, 9.17) is 4.42 Å². The number of rotatable bonds is 3. The number of amides is 1. The van der Waals surface area contributed by atoms with E-state index in [-0.39, 0.29) is 11.9 Å². The van der Waals surface area contributed by atoms with E-state index in [0.29, 0.717) is 5.76 Å². The highest BCUT2D eigenvalue weighted by atomic mass is 32.1. The van der Waals surface area contributed by atoms with E-state index in [0.717, 1.165) is 27.0 Å². The van der Waals surface area contributed by atoms with Crippen LogP contribution in [0.4, 0.5) is 0 Å². The molecule has 1 atom stereocenters. The quantitative estimate of drug-likeness (QED) is 0.768. The lowest BCUT2D eigenvalue weighted by atomic mass is 10.1. The van der Waals surface area contributed by atoms with Gasteiger partial charge in [0.05, 0.1) is 6.04 Å². The summed E-state index contributed by atoms with van der Waals surface area (Å²) in [4.78, 5) is 13.6. The van der Waals surface area contributed by atoms with Gasteiger partial charge in [0, 0.05) is 15.8 Å². The van der Waals surface area contributed by atoms with Crippen molar-refractivity contribution >= 4 is 28.2 Å². The van der Waals surface area contributed by atoms with Gasteiger partial charge >= 0.3 is 0 Å². The molecule has 0 spiro atoms. The van der Waals surface area contributed by atoms with Crippen molar-refractivity contribution in [2.75, 3.05) is 0 Å². The molecule has 0 aliphatic carbocycles. The largest absolute Gasteiger partial charge is 0.451 e. The second-order valence-electron chi connectivity index (χ2n) is 5.27. The van der Waals surface area contributed by atoms with Gasteiger partial charge in [-0.2, -0.15) is 0 Å². The molecular weight excluding hydrogens is 282 g/mol. The average molecular weight is 299 g/mol. The molecule has 0 aliphatic rings. The molecule has 3 rings (SSSR count). The maximum Gasteiger partial charge on any atom is 0.287 e. The molecule has 3 aromatic rings. The summed E-state index contributed by atoms with van der Waals surface area (Å²) in [6.07, 6.45) is 0. The van der Waals surface area contributed by atoms with Crippen molar-refractivity contribution < 1.29 is 9.21 Å². The van der Waals surface area contributed by atoms with E-state index in [1.54, 1.807) is 11.3 Å². The predicted molar refractivity (Wildman–Crippen MR) is 85.9 cm³/mol. The third kappa shape index (κ3) is 2.59. The Bertz CT molecular complexity index is 787. The molecule has 1 amide bonds. The maximum absolute atomic E-state index is 12.4. The van der Waals surface area contributed by atoms with E-state index in [1.165, 1.54) is 0 Å². The fourth-order valence-electron chi connectivity index (χ4n) is 2.42. The lowest BCUT2D eigenvalue weighted by molar-refractivity contribution is 0.0914. The van der Waals surface area contributed by atoms with Crippen LogP contribution >= 0.6 is 11.3 Å². The molecule has 108 valence electrons. The zero-order valence-corrected chi connectivity index (χ0v) is 13.1. The highest BCUT2D eigenvalue weighted by Gasteiger charge is 2.20. The minimum absolute atomic E-state index is 0.0214. The van der Waals surface area contributed by atoms with Crippen LogP contribution in [0.1, 0.15) is 39.5 Å². The molecule has 2 heterocycles. The van der Waals surface area contributed by atoms with Crippen LogP contribution in [0.25, 0.3) is 11.0 Å². The van der Waals surface area contributed by atoms with E-state index in [2.05, 4.69) is 5.32 Å². The average Bonchev–Trinajstić information content (AvgIpc) is 3.08. The Labute approximate surface area is 127 Å². The molecule has 1 N–H and O–H groups in total. The number of benzene rings is 1. The van der Waals surface area contributed by atoms with Gasteiger partial charge in [-0.15, -0.1) is 11.3 Å². The van der Waals surface area contributed by atoms with Crippen LogP contribution in [0.2, 0.25) is 0 Å². The van der Waals surface area contributed by atoms with Gasteiger partial charge in [0.25, 0.3) is 5.91 Å². The molecule has 4 heteroatoms. The zero-order chi connectivity index (χ0) is 15.0. The van der Waals surface area contributed by atoms with E-state index < -0.39 is 0 Å². The van der Waals surface area contributed by atoms with Crippen molar-refractivity contribution in [2.24, 2.45) is 0 Å². The summed E-state index contributed by atoms with van der Waals surface area (Å²) in [7, 11) is 0. The Morgan fingerprint density at radius 3 is 2.81 bits per heavy atom. The third-order valence-electron chi connectivity index (χ3n) is 3.62. The molecule has 2 aromatic heterocycles. The number of aryl methyl sites for hydroxylation is 2. The number of hydrogen-bond acceptors (Lipinski definition) is 3. The van der Waals surface area contributed by atoms with E-state index in [9.17, 15) is 4.79 Å². The fraction of sp³-hybridized carbons (Fsp3) is 0.235. The Balaban J connectivity index is 1.89. The Morgan fingerprint density at radius 2 is 2.10 bits per heavy atom. The second kappa shape index (κ2) is 5.37. The predicted octanol–water partition coefficient (Wildman–Crippen LogP) is 4.60. The Hall–Kier alpha value is -2.07. The van der Waals surface area contributed by atoms with E-state index in [1.807, 2.05) is 56.5 Å². The van der Waals surface area contributed by atoms with Gasteiger partial charge in [-0.1, -0.05) is 17.7 Å². The molecule has 21 heavy (non-hydrogen) atoms. The number of hydrogen-bond donors (Lipinski definition) is 1. The molecule has 0 bridgehead atoms. The minimum atomic E-state index is -0.165. The summed E-state index contributed by atoms with van der Waals surface area (Å²) in [5, 5.41) is 6.00. The molecule has 0 aliphatic heterocycles. The molecule has 1 aromatic carbocycles. The van der Waals surface area contributed by atoms with Crippen LogP contribution in [0.3, 0.4) is 0 Å². The van der Waals surface area contributed by atoms with Gasteiger partial charge in [0.1, 0.15) is 5.58 Å². The normalized spacial score (nSPS) is 12.5. The van der Waals surface area contributed by atoms with Crippen LogP contribution in [0, 0.1) is 13.8 Å². The smallest absolute Gasteiger partial charge is 0.287 e. The van der Waals surface area contributed by atoms with Crippen LogP contribution < -0.4 is 5.32 Å². The third-order valence-corrected chi connectivity index (χ3v) is 4.67. The topological polar surface area (TPSA) is 42.2 Å². The van der Waals surface area contributed by atoms with Gasteiger partial charge < -0.3 is 9.73 Å². The van der Waals surface area contributed by atoms with Crippen molar-refractivity contribution in [1.82, 2.24) is 5.32 Å². The van der Waals surface area contributed by atoms with Crippen molar-refractivity contribution in [3.8, 4) is 0 Å². The van der Waals surface area contributed by atoms with Crippen LogP contribution in [-0.2, 0) is 0 Å². The van der Waals surface area contributed by atoms with Crippen molar-refractivity contribution in [2.45, 2.75) is 26.8 Å². The molecule has 1 unspecified atom stereocenters. The Kier molecular flexibility index (Phi) is 3.55. The number of carbonyl (C=O) groups is 1. The number of carbonyl (C=O) groups excluding carboxylic acids is 1. The number of fused-ring (bicyclic) bond motifs is 1. The first-order chi connectivity index (χ1) is 10.1. The zero-order valence-electron chi connectivity index (χ0n) is 12.3. The van der Waals surface area contributed by atoms with Crippen molar-refractivity contribution in [3.63, 3.8) is 0 Å². The highest BCUT2D eigenvalue weighted by molar-refractivity contribution is 7.10. The van der Waals surface area contributed by atoms with Crippen LogP contribution in [0.5, 0.6) is 0 Å². The van der Waals surface area contributed by atoms with Gasteiger partial charge in [0.2, 0.25) is 0 Å². The number of thiophene rings is 1. The minimum Gasteiger partial charge on any atom is -0.451 e. The summed E-state index contributed by atoms with van der Waals surface area (Å²) < 4.78 is 5.73. The summed E-state index contributed by atoms with van der Waals surface area (Å²) in [6.45, 7) is 5.94. The summed E-state index contributed by atoms with van der Waals surface area (Å²) >= 11 is 1.63. The van der Waals surface area contributed by atoms with Crippen molar-refractivity contribution in [3.05, 3.63) is 57.5 Å². The summed E-state index contributed by atoms with van der Waals surface area (Å²) in [5.41, 5.74) is 2.81. The Morgan fingerprint density at radius 1 is 1.29 bits per heavy atom. The number of furan rings is 1. The number of nitrogens with one attached hydrogen (secondary N) is 1. The first-order valence-electron chi connectivity index (χ1n) is 6.90. The lowest BCUT2D eigenvalue weighted by Crippen LogP contribution is -2.26. The molecule has 0 radical (unpaired) electrons. The second-order valence-corrected chi connectivity index (χ2v) is 6.25. The summed E-state index contributed by atoms with van der Waals surface area (Å²) in [6, 6.07) is 9.93. The SMILES string of the molecule is Cc1ccc2oc(C(=O)NC(C)c3cccs3)c(C)c2c1. The highest BCUT2D eigenvalue weighted by Crippen LogP contribution is 2.27.